The molecule has 3 heterocycles. The largest absolute Gasteiger partial charge is 0.390 e. The number of aliphatic hydroxyl groups is 2. The summed E-state index contributed by atoms with van der Waals surface area (Å²) in [4.78, 5) is 17.9. The summed E-state index contributed by atoms with van der Waals surface area (Å²) in [6.07, 6.45) is 10.7. The van der Waals surface area contributed by atoms with Crippen LogP contribution in [0.5, 0.6) is 0 Å². The molecular formula is C28H29NO4. The van der Waals surface area contributed by atoms with Crippen molar-refractivity contribution < 1.29 is 19.7 Å². The number of benzene rings is 1. The van der Waals surface area contributed by atoms with Crippen LogP contribution in [0.2, 0.25) is 0 Å². The number of hydrogen-bond acceptors (Lipinski definition) is 5. The average molecular weight is 444 g/mol. The van der Waals surface area contributed by atoms with E-state index in [1.54, 1.807) is 6.20 Å². The fourth-order valence-corrected chi connectivity index (χ4v) is 8.02. The van der Waals surface area contributed by atoms with E-state index < -0.39 is 23.4 Å². The van der Waals surface area contributed by atoms with Crippen LogP contribution in [0.1, 0.15) is 56.9 Å². The molecule has 7 rings (SSSR count). The Balaban J connectivity index is 1.34. The molecular weight excluding hydrogens is 414 g/mol. The molecule has 3 aliphatic carbocycles. The Morgan fingerprint density at radius 3 is 2.88 bits per heavy atom. The molecule has 2 saturated carbocycles. The molecule has 2 bridgehead atoms. The lowest BCUT2D eigenvalue weighted by atomic mass is 9.58. The molecule has 1 aromatic carbocycles. The summed E-state index contributed by atoms with van der Waals surface area (Å²) in [5.74, 6) is 0.241. The number of aliphatic hydroxyl groups excluding tert-OH is 2. The molecule has 5 aliphatic rings. The van der Waals surface area contributed by atoms with E-state index >= 15 is 0 Å². The Bertz CT molecular complexity index is 1270. The molecule has 33 heavy (non-hydrogen) atoms. The van der Waals surface area contributed by atoms with Gasteiger partial charge in [-0.25, -0.2) is 0 Å². The molecule has 2 N–H and O–H groups in total. The predicted octanol–water partition coefficient (Wildman–Crippen LogP) is 3.99. The molecule has 1 saturated heterocycles. The first-order valence-electron chi connectivity index (χ1n) is 12.2. The first-order chi connectivity index (χ1) is 15.9. The van der Waals surface area contributed by atoms with Gasteiger partial charge in [0.2, 0.25) is 0 Å². The number of carbonyl (C=O) groups is 1. The molecule has 0 amide bonds. The third-order valence-electron chi connectivity index (χ3n) is 9.64. The lowest BCUT2D eigenvalue weighted by molar-refractivity contribution is -0.152. The smallest absolute Gasteiger partial charge is 0.141 e. The number of ether oxygens (including phenoxy) is 1. The van der Waals surface area contributed by atoms with Crippen LogP contribution in [0.15, 0.2) is 60.0 Å². The molecule has 2 spiro atoms. The molecule has 7 atom stereocenters. The topological polar surface area (TPSA) is 79.6 Å². The van der Waals surface area contributed by atoms with Crippen molar-refractivity contribution >= 4 is 16.6 Å². The van der Waals surface area contributed by atoms with Crippen LogP contribution in [0, 0.1) is 11.3 Å². The number of nitrogens with zero attached hydrogens (tertiary/aromatic N) is 1. The van der Waals surface area contributed by atoms with Crippen molar-refractivity contribution in [1.29, 1.82) is 0 Å². The van der Waals surface area contributed by atoms with Gasteiger partial charge in [0.1, 0.15) is 11.9 Å². The monoisotopic (exact) mass is 443 g/mol. The van der Waals surface area contributed by atoms with Crippen molar-refractivity contribution in [2.24, 2.45) is 11.3 Å². The van der Waals surface area contributed by atoms with E-state index in [9.17, 15) is 15.0 Å². The van der Waals surface area contributed by atoms with E-state index in [1.165, 1.54) is 0 Å². The summed E-state index contributed by atoms with van der Waals surface area (Å²) in [5, 5.41) is 23.2. The fraction of sp³-hybridized carbons (Fsp3) is 0.500. The second-order valence-corrected chi connectivity index (χ2v) is 11.1. The van der Waals surface area contributed by atoms with Gasteiger partial charge in [-0.3, -0.25) is 9.78 Å². The number of carbonyl (C=O) groups excluding carboxylic acids is 1. The van der Waals surface area contributed by atoms with Gasteiger partial charge >= 0.3 is 0 Å². The number of allylic oxidation sites excluding steroid dienone is 1. The zero-order valence-electron chi connectivity index (χ0n) is 18.8. The van der Waals surface area contributed by atoms with Crippen LogP contribution in [0.3, 0.4) is 0 Å². The molecule has 2 aliphatic heterocycles. The molecule has 170 valence electrons. The van der Waals surface area contributed by atoms with Crippen molar-refractivity contribution in [3.63, 3.8) is 0 Å². The van der Waals surface area contributed by atoms with Gasteiger partial charge in [0, 0.05) is 36.0 Å². The Hall–Kier alpha value is -2.34. The van der Waals surface area contributed by atoms with E-state index in [0.717, 1.165) is 53.2 Å². The highest BCUT2D eigenvalue weighted by molar-refractivity contribution is 5.92. The number of Topliss-reactive ketones (excluding diaryl/α,β-unsaturated/α-hetero) is 1. The van der Waals surface area contributed by atoms with Gasteiger partial charge in [-0.05, 0) is 71.7 Å². The number of rotatable bonds is 1. The molecule has 5 nitrogen and oxygen atoms in total. The first kappa shape index (κ1) is 20.1. The third-order valence-corrected chi connectivity index (χ3v) is 9.64. The fourth-order valence-electron chi connectivity index (χ4n) is 8.02. The summed E-state index contributed by atoms with van der Waals surface area (Å²) < 4.78 is 7.01. The first-order valence-corrected chi connectivity index (χ1v) is 12.2. The van der Waals surface area contributed by atoms with Gasteiger partial charge < -0.3 is 14.9 Å². The van der Waals surface area contributed by atoms with Gasteiger partial charge in [0.05, 0.1) is 17.3 Å². The van der Waals surface area contributed by atoms with Crippen LogP contribution in [0.4, 0.5) is 0 Å². The second-order valence-electron chi connectivity index (χ2n) is 11.1. The van der Waals surface area contributed by atoms with Gasteiger partial charge in [-0.2, -0.15) is 0 Å². The van der Waals surface area contributed by atoms with E-state index in [2.05, 4.69) is 42.3 Å². The Labute approximate surface area is 193 Å². The maximum atomic E-state index is 13.6. The average Bonchev–Trinajstić information content (AvgIpc) is 3.28. The zero-order chi connectivity index (χ0) is 22.6. The van der Waals surface area contributed by atoms with Crippen LogP contribution < -0.4 is 0 Å². The van der Waals surface area contributed by atoms with E-state index in [-0.39, 0.29) is 17.3 Å². The number of ketones is 1. The van der Waals surface area contributed by atoms with Gasteiger partial charge in [-0.1, -0.05) is 31.2 Å². The third kappa shape index (κ3) is 2.43. The summed E-state index contributed by atoms with van der Waals surface area (Å²) in [5.41, 5.74) is 1.84. The number of hydrogen-bond donors (Lipinski definition) is 2. The summed E-state index contributed by atoms with van der Waals surface area (Å²) in [7, 11) is 0. The minimum absolute atomic E-state index is 0.105. The zero-order valence-corrected chi connectivity index (χ0v) is 18.8. The van der Waals surface area contributed by atoms with Crippen LogP contribution in [-0.4, -0.2) is 44.4 Å². The van der Waals surface area contributed by atoms with Gasteiger partial charge in [0.25, 0.3) is 0 Å². The van der Waals surface area contributed by atoms with Gasteiger partial charge in [0.15, 0.2) is 0 Å². The summed E-state index contributed by atoms with van der Waals surface area (Å²) in [6.45, 7) is 2.27. The Morgan fingerprint density at radius 2 is 2.00 bits per heavy atom. The van der Waals surface area contributed by atoms with Crippen molar-refractivity contribution in [1.82, 2.24) is 4.98 Å². The molecule has 5 heteroatoms. The number of aromatic nitrogens is 1. The normalized spacial score (nSPS) is 43.5. The van der Waals surface area contributed by atoms with Crippen molar-refractivity contribution in [2.45, 2.75) is 74.8 Å². The maximum absolute atomic E-state index is 13.6. The molecule has 1 aromatic heterocycles. The highest BCUT2D eigenvalue weighted by Crippen LogP contribution is 2.68. The molecule has 3 fully saturated rings. The minimum Gasteiger partial charge on any atom is -0.390 e. The number of pyridine rings is 1. The molecule has 7 unspecified atom stereocenters. The van der Waals surface area contributed by atoms with Crippen LogP contribution >= 0.6 is 0 Å². The highest BCUT2D eigenvalue weighted by atomic mass is 16.5. The quantitative estimate of drug-likeness (QED) is 0.697. The van der Waals surface area contributed by atoms with Crippen molar-refractivity contribution in [2.75, 3.05) is 0 Å². The standard InChI is InChI=1S/C28H29NO4/c1-26-7-4-19-13-20-25(32)21(30)5-8-27(20)9-10-28(19,33-27)23(26)14-22(31)24(26)17-3-2-16-6-11-29-15-18(16)12-17/h2-4,6,11-13,15,21,23-25,30,32H,5,7-10,14H2,1H3. The SMILES string of the molecule is CC12CC=C3C=C4C(O)C(O)CCC45CCC3(O5)C1CC(=O)C2c1ccc2ccncc2c1. The van der Waals surface area contributed by atoms with E-state index in [0.29, 0.717) is 18.6 Å². The summed E-state index contributed by atoms with van der Waals surface area (Å²) in [6, 6.07) is 8.36. The minimum atomic E-state index is -0.867. The lowest BCUT2D eigenvalue weighted by Crippen LogP contribution is -2.56. The lowest BCUT2D eigenvalue weighted by Gasteiger charge is -2.54. The number of fused-ring (bicyclic) bond motifs is 2. The Kier molecular flexibility index (Phi) is 3.90. The highest BCUT2D eigenvalue weighted by Gasteiger charge is 2.68. The predicted molar refractivity (Wildman–Crippen MR) is 124 cm³/mol. The van der Waals surface area contributed by atoms with Crippen molar-refractivity contribution in [3.8, 4) is 0 Å². The van der Waals surface area contributed by atoms with E-state index in [1.807, 2.05) is 12.3 Å². The molecule has 2 aromatic rings. The van der Waals surface area contributed by atoms with Crippen molar-refractivity contribution in [3.05, 3.63) is 65.5 Å². The molecule has 0 radical (unpaired) electrons. The van der Waals surface area contributed by atoms with Gasteiger partial charge in [-0.15, -0.1) is 0 Å². The van der Waals surface area contributed by atoms with E-state index in [4.69, 9.17) is 4.74 Å². The Morgan fingerprint density at radius 1 is 1.12 bits per heavy atom. The van der Waals surface area contributed by atoms with Crippen LogP contribution in [0.25, 0.3) is 10.8 Å². The summed E-state index contributed by atoms with van der Waals surface area (Å²) >= 11 is 0. The maximum Gasteiger partial charge on any atom is 0.141 e. The second kappa shape index (κ2) is 6.41. The van der Waals surface area contributed by atoms with Crippen LogP contribution in [-0.2, 0) is 9.53 Å².